The molecular formula is C41H29NO. The number of methoxy groups -OCH3 is 1. The maximum Gasteiger partial charge on any atom is 0.119 e. The summed E-state index contributed by atoms with van der Waals surface area (Å²) >= 11 is 0. The molecule has 0 amide bonds. The first kappa shape index (κ1) is 24.3. The molecule has 0 radical (unpaired) electrons. The largest absolute Gasteiger partial charge is 0.497 e. The van der Waals surface area contributed by atoms with E-state index in [2.05, 4.69) is 128 Å². The summed E-state index contributed by atoms with van der Waals surface area (Å²) in [6.07, 6.45) is 0. The molecule has 9 rings (SSSR count). The highest BCUT2D eigenvalue weighted by atomic mass is 16.5. The molecule has 204 valence electrons. The molecule has 0 saturated carbocycles. The Balaban J connectivity index is 1.41. The van der Waals surface area contributed by atoms with Crippen molar-refractivity contribution in [2.45, 2.75) is 13.8 Å². The maximum atomic E-state index is 5.48. The molecule has 9 aromatic rings. The van der Waals surface area contributed by atoms with E-state index < -0.39 is 0 Å². The number of fused-ring (bicyclic) bond motifs is 6. The molecule has 0 heterocycles. The zero-order valence-electron chi connectivity index (χ0n) is 24.4. The van der Waals surface area contributed by atoms with Crippen molar-refractivity contribution in [3.63, 3.8) is 0 Å². The van der Waals surface area contributed by atoms with Gasteiger partial charge in [-0.3, -0.25) is 0 Å². The molecule has 0 unspecified atom stereocenters. The third-order valence-electron chi connectivity index (χ3n) is 9.59. The molecule has 2 nitrogen and oxygen atoms in total. The van der Waals surface area contributed by atoms with Crippen LogP contribution in [-0.2, 0) is 0 Å². The molecule has 0 spiro atoms. The molecule has 0 aliphatic carbocycles. The zero-order valence-corrected chi connectivity index (χ0v) is 24.4. The number of rotatable bonds is 4. The van der Waals surface area contributed by atoms with Gasteiger partial charge in [-0.1, -0.05) is 78.9 Å². The highest BCUT2D eigenvalue weighted by Crippen LogP contribution is 2.51. The van der Waals surface area contributed by atoms with Crippen LogP contribution >= 0.6 is 0 Å². The van der Waals surface area contributed by atoms with Crippen LogP contribution in [0.15, 0.2) is 121 Å². The molecule has 0 N–H and O–H groups in total. The van der Waals surface area contributed by atoms with E-state index in [9.17, 15) is 0 Å². The number of anilines is 3. The second-order valence-corrected chi connectivity index (χ2v) is 11.7. The van der Waals surface area contributed by atoms with Gasteiger partial charge in [-0.25, -0.2) is 0 Å². The third-order valence-corrected chi connectivity index (χ3v) is 9.59. The summed E-state index contributed by atoms with van der Waals surface area (Å²) in [5.41, 5.74) is 6.14. The molecule has 0 aliphatic rings. The Bertz CT molecular complexity index is 2400. The van der Waals surface area contributed by atoms with Crippen LogP contribution in [0.25, 0.3) is 64.6 Å². The lowest BCUT2D eigenvalue weighted by molar-refractivity contribution is 0.415. The lowest BCUT2D eigenvalue weighted by Crippen LogP contribution is -2.10. The van der Waals surface area contributed by atoms with Gasteiger partial charge in [-0.2, -0.15) is 0 Å². The second kappa shape index (κ2) is 8.83. The van der Waals surface area contributed by atoms with Gasteiger partial charge in [0.25, 0.3) is 0 Å². The number of para-hydroxylation sites is 1. The van der Waals surface area contributed by atoms with E-state index in [-0.39, 0.29) is 0 Å². The standard InChI is InChI=1S/C41H29NO/c1-24-36-31-15-7-10-26-11-8-16-32(40(26)31)37(36)25(2)39-34-22-23-35(30-14-9-17-33(38(24)39)41(30)34)42(27-12-5-4-6-13-27)28-18-20-29(43-3)21-19-28/h4-23H,1-3H3. The van der Waals surface area contributed by atoms with Crippen LogP contribution in [0.2, 0.25) is 0 Å². The average molecular weight is 552 g/mol. The maximum absolute atomic E-state index is 5.48. The number of hydrogen-bond acceptors (Lipinski definition) is 2. The number of aryl methyl sites for hydroxylation is 2. The summed E-state index contributed by atoms with van der Waals surface area (Å²) in [7, 11) is 1.71. The van der Waals surface area contributed by atoms with E-state index in [1.807, 2.05) is 12.1 Å². The van der Waals surface area contributed by atoms with Crippen LogP contribution in [0.4, 0.5) is 17.1 Å². The van der Waals surface area contributed by atoms with Gasteiger partial charge in [0.1, 0.15) is 5.75 Å². The van der Waals surface area contributed by atoms with Gasteiger partial charge in [0.15, 0.2) is 0 Å². The Morgan fingerprint density at radius 1 is 0.419 bits per heavy atom. The Morgan fingerprint density at radius 2 is 0.930 bits per heavy atom. The van der Waals surface area contributed by atoms with Crippen LogP contribution in [0.3, 0.4) is 0 Å². The first-order chi connectivity index (χ1) is 21.2. The minimum absolute atomic E-state index is 0.851. The summed E-state index contributed by atoms with van der Waals surface area (Å²) in [5, 5.41) is 16.3. The van der Waals surface area contributed by atoms with Crippen molar-refractivity contribution in [3.05, 3.63) is 132 Å². The van der Waals surface area contributed by atoms with Crippen molar-refractivity contribution in [1.82, 2.24) is 0 Å². The monoisotopic (exact) mass is 551 g/mol. The van der Waals surface area contributed by atoms with E-state index in [0.29, 0.717) is 0 Å². The van der Waals surface area contributed by atoms with E-state index in [0.717, 1.165) is 17.1 Å². The molecular weight excluding hydrogens is 522 g/mol. The van der Waals surface area contributed by atoms with Crippen LogP contribution in [-0.4, -0.2) is 7.11 Å². The fourth-order valence-electron chi connectivity index (χ4n) is 7.84. The molecule has 0 aliphatic heterocycles. The van der Waals surface area contributed by atoms with Gasteiger partial charge in [0, 0.05) is 16.8 Å². The topological polar surface area (TPSA) is 12.5 Å². The molecule has 0 aromatic heterocycles. The minimum Gasteiger partial charge on any atom is -0.497 e. The van der Waals surface area contributed by atoms with E-state index in [4.69, 9.17) is 4.74 Å². The number of ether oxygens (including phenoxy) is 1. The lowest BCUT2D eigenvalue weighted by atomic mass is 9.95. The summed E-state index contributed by atoms with van der Waals surface area (Å²) < 4.78 is 5.48. The van der Waals surface area contributed by atoms with Crippen molar-refractivity contribution in [2.75, 3.05) is 12.0 Å². The minimum atomic E-state index is 0.851. The third kappa shape index (κ3) is 3.18. The molecule has 0 saturated heterocycles. The molecule has 43 heavy (non-hydrogen) atoms. The van der Waals surface area contributed by atoms with Crippen molar-refractivity contribution in [3.8, 4) is 5.75 Å². The van der Waals surface area contributed by atoms with Crippen LogP contribution in [0.5, 0.6) is 5.75 Å². The summed E-state index contributed by atoms with van der Waals surface area (Å²) in [6, 6.07) is 44.0. The average Bonchev–Trinajstić information content (AvgIpc) is 3.58. The van der Waals surface area contributed by atoms with Gasteiger partial charge in [0.2, 0.25) is 0 Å². The summed E-state index contributed by atoms with van der Waals surface area (Å²) in [5.74, 6) is 0.851. The summed E-state index contributed by atoms with van der Waals surface area (Å²) in [6.45, 7) is 4.67. The fourth-order valence-corrected chi connectivity index (χ4v) is 7.84. The number of benzene rings is 7. The highest BCUT2D eigenvalue weighted by Gasteiger charge is 2.24. The Hall–Kier alpha value is -5.34. The first-order valence-electron chi connectivity index (χ1n) is 14.9. The van der Waals surface area contributed by atoms with Gasteiger partial charge >= 0.3 is 0 Å². The SMILES string of the molecule is COc1ccc(N(c2ccccc2)c2ccc3c4c(C)c5c6cccc7cccc(c5c(C)c4c4cccc2c43)c76)cc1. The summed E-state index contributed by atoms with van der Waals surface area (Å²) in [4.78, 5) is 2.36. The molecule has 2 heteroatoms. The number of hydrogen-bond donors (Lipinski definition) is 0. The van der Waals surface area contributed by atoms with E-state index >= 15 is 0 Å². The zero-order chi connectivity index (χ0) is 28.8. The lowest BCUT2D eigenvalue weighted by Gasteiger charge is -2.27. The molecule has 0 atom stereocenters. The van der Waals surface area contributed by atoms with Gasteiger partial charge in [0.05, 0.1) is 12.8 Å². The van der Waals surface area contributed by atoms with Crippen molar-refractivity contribution in [2.24, 2.45) is 0 Å². The van der Waals surface area contributed by atoms with E-state index in [1.54, 1.807) is 7.11 Å². The molecule has 0 bridgehead atoms. The van der Waals surface area contributed by atoms with Crippen LogP contribution in [0.1, 0.15) is 11.1 Å². The van der Waals surface area contributed by atoms with Crippen molar-refractivity contribution < 1.29 is 4.74 Å². The Morgan fingerprint density at radius 3 is 1.53 bits per heavy atom. The predicted octanol–water partition coefficient (Wildman–Crippen LogP) is 11.6. The highest BCUT2D eigenvalue weighted by molar-refractivity contribution is 6.40. The molecule has 9 aromatic carbocycles. The van der Waals surface area contributed by atoms with Gasteiger partial charge in [-0.15, -0.1) is 0 Å². The normalized spacial score (nSPS) is 12.1. The Kier molecular flexibility index (Phi) is 4.99. The smallest absolute Gasteiger partial charge is 0.119 e. The number of nitrogens with zero attached hydrogens (tertiary/aromatic N) is 1. The first-order valence-corrected chi connectivity index (χ1v) is 14.9. The molecule has 0 fully saturated rings. The van der Waals surface area contributed by atoms with Gasteiger partial charge in [-0.05, 0) is 127 Å². The van der Waals surface area contributed by atoms with E-state index in [1.165, 1.54) is 81.4 Å². The Labute approximate surface area is 250 Å². The van der Waals surface area contributed by atoms with Gasteiger partial charge < -0.3 is 9.64 Å². The second-order valence-electron chi connectivity index (χ2n) is 11.7. The fraction of sp³-hybridized carbons (Fsp3) is 0.0732. The quantitative estimate of drug-likeness (QED) is 0.216. The van der Waals surface area contributed by atoms with Crippen molar-refractivity contribution in [1.29, 1.82) is 0 Å². The predicted molar refractivity (Wildman–Crippen MR) is 185 cm³/mol. The van der Waals surface area contributed by atoms with Crippen LogP contribution < -0.4 is 9.64 Å². The van der Waals surface area contributed by atoms with Crippen LogP contribution in [0, 0.1) is 13.8 Å². The van der Waals surface area contributed by atoms with Crippen molar-refractivity contribution >= 4 is 81.7 Å².